The van der Waals surface area contributed by atoms with Gasteiger partial charge in [0.05, 0.1) is 12.4 Å². The van der Waals surface area contributed by atoms with Crippen LogP contribution in [0.2, 0.25) is 5.02 Å². The summed E-state index contributed by atoms with van der Waals surface area (Å²) in [7, 11) is -3.42. The SMILES string of the molecule is CS(=O)(=O)OC1CCC2(CC1)c1ccccc1Sc1ccc(Cl)cc12. The van der Waals surface area contributed by atoms with Crippen molar-refractivity contribution in [3.05, 3.63) is 58.6 Å². The van der Waals surface area contributed by atoms with Crippen LogP contribution in [-0.4, -0.2) is 20.8 Å². The lowest BCUT2D eigenvalue weighted by Crippen LogP contribution is -2.38. The van der Waals surface area contributed by atoms with Gasteiger partial charge in [-0.1, -0.05) is 41.6 Å². The maximum absolute atomic E-state index is 11.5. The number of fused-ring (bicyclic) bond motifs is 4. The van der Waals surface area contributed by atoms with E-state index in [0.717, 1.165) is 37.0 Å². The van der Waals surface area contributed by atoms with Crippen LogP contribution in [0.25, 0.3) is 0 Å². The predicted molar refractivity (Wildman–Crippen MR) is 101 cm³/mol. The average molecular weight is 395 g/mol. The summed E-state index contributed by atoms with van der Waals surface area (Å²) in [5.74, 6) is 0. The van der Waals surface area contributed by atoms with Gasteiger partial charge in [-0.25, -0.2) is 0 Å². The zero-order chi connectivity index (χ0) is 17.7. The molecule has 1 heterocycles. The van der Waals surface area contributed by atoms with Gasteiger partial charge in [0.15, 0.2) is 0 Å². The molecule has 1 fully saturated rings. The van der Waals surface area contributed by atoms with Crippen molar-refractivity contribution in [3.63, 3.8) is 0 Å². The summed E-state index contributed by atoms with van der Waals surface area (Å²) in [6.45, 7) is 0. The Bertz CT molecular complexity index is 916. The quantitative estimate of drug-likeness (QED) is 0.671. The summed E-state index contributed by atoms with van der Waals surface area (Å²) in [6, 6.07) is 14.6. The minimum Gasteiger partial charge on any atom is -0.267 e. The molecule has 0 N–H and O–H groups in total. The van der Waals surface area contributed by atoms with Crippen molar-refractivity contribution in [3.8, 4) is 0 Å². The number of hydrogen-bond acceptors (Lipinski definition) is 4. The molecule has 6 heteroatoms. The number of rotatable bonds is 2. The second-order valence-corrected chi connectivity index (χ2v) is 9.94. The summed E-state index contributed by atoms with van der Waals surface area (Å²) in [4.78, 5) is 2.52. The van der Waals surface area contributed by atoms with E-state index in [1.807, 2.05) is 6.07 Å². The van der Waals surface area contributed by atoms with Gasteiger partial charge in [0.25, 0.3) is 10.1 Å². The highest BCUT2D eigenvalue weighted by atomic mass is 35.5. The predicted octanol–water partition coefficient (Wildman–Crippen LogP) is 5.01. The molecule has 3 nitrogen and oxygen atoms in total. The Balaban J connectivity index is 1.76. The largest absolute Gasteiger partial charge is 0.267 e. The third-order valence-electron chi connectivity index (χ3n) is 5.18. The summed E-state index contributed by atoms with van der Waals surface area (Å²) in [6.07, 6.45) is 4.05. The molecule has 1 saturated carbocycles. The normalized spacial score (nSPS) is 25.4. The minimum absolute atomic E-state index is 0.112. The molecule has 132 valence electrons. The Morgan fingerprint density at radius 1 is 1.08 bits per heavy atom. The smallest absolute Gasteiger partial charge is 0.264 e. The van der Waals surface area contributed by atoms with Crippen LogP contribution in [0.1, 0.15) is 36.8 Å². The van der Waals surface area contributed by atoms with Gasteiger partial charge in [-0.15, -0.1) is 0 Å². The summed E-state index contributed by atoms with van der Waals surface area (Å²) in [5, 5.41) is 0.743. The van der Waals surface area contributed by atoms with Crippen LogP contribution in [0, 0.1) is 0 Å². The van der Waals surface area contributed by atoms with Crippen LogP contribution in [0.5, 0.6) is 0 Å². The van der Waals surface area contributed by atoms with E-state index in [-0.39, 0.29) is 11.5 Å². The molecule has 2 aliphatic rings. The van der Waals surface area contributed by atoms with Gasteiger partial charge in [0, 0.05) is 20.2 Å². The van der Waals surface area contributed by atoms with E-state index >= 15 is 0 Å². The van der Waals surface area contributed by atoms with E-state index in [2.05, 4.69) is 36.4 Å². The van der Waals surface area contributed by atoms with Gasteiger partial charge in [-0.2, -0.15) is 8.42 Å². The fourth-order valence-corrected chi connectivity index (χ4v) is 6.26. The van der Waals surface area contributed by atoms with Crippen molar-refractivity contribution in [1.29, 1.82) is 0 Å². The summed E-state index contributed by atoms with van der Waals surface area (Å²) in [5.41, 5.74) is 2.48. The van der Waals surface area contributed by atoms with Crippen LogP contribution in [-0.2, 0) is 19.7 Å². The standard InChI is InChI=1S/C19H19ClO3S2/c1-25(21,22)23-14-8-10-19(11-9-14)15-4-2-3-5-17(15)24-18-7-6-13(20)12-16(18)19/h2-7,12,14H,8-11H2,1H3. The summed E-state index contributed by atoms with van der Waals surface area (Å²) >= 11 is 8.09. The lowest BCUT2D eigenvalue weighted by atomic mass is 9.64. The molecule has 0 radical (unpaired) electrons. The van der Waals surface area contributed by atoms with Crippen LogP contribution in [0.4, 0.5) is 0 Å². The van der Waals surface area contributed by atoms with Gasteiger partial charge < -0.3 is 0 Å². The van der Waals surface area contributed by atoms with Gasteiger partial charge in [0.1, 0.15) is 0 Å². The van der Waals surface area contributed by atoms with Crippen molar-refractivity contribution in [2.45, 2.75) is 47.0 Å². The fraction of sp³-hybridized carbons (Fsp3) is 0.368. The first kappa shape index (κ1) is 17.4. The highest BCUT2D eigenvalue weighted by molar-refractivity contribution is 7.99. The first-order valence-corrected chi connectivity index (χ1v) is 11.3. The molecule has 2 aromatic rings. The van der Waals surface area contributed by atoms with Gasteiger partial charge >= 0.3 is 0 Å². The van der Waals surface area contributed by atoms with Crippen molar-refractivity contribution in [2.24, 2.45) is 0 Å². The Morgan fingerprint density at radius 2 is 1.76 bits per heavy atom. The number of benzene rings is 2. The molecule has 2 aromatic carbocycles. The number of hydrogen-bond donors (Lipinski definition) is 0. The highest BCUT2D eigenvalue weighted by Crippen LogP contribution is 2.55. The molecule has 0 bridgehead atoms. The average Bonchev–Trinajstić information content (AvgIpc) is 2.56. The van der Waals surface area contributed by atoms with Crippen LogP contribution < -0.4 is 0 Å². The van der Waals surface area contributed by atoms with Crippen LogP contribution >= 0.6 is 23.4 Å². The molecule has 0 saturated heterocycles. The Hall–Kier alpha value is -1.01. The van der Waals surface area contributed by atoms with Crippen molar-refractivity contribution in [2.75, 3.05) is 6.26 Å². The second-order valence-electron chi connectivity index (χ2n) is 6.82. The van der Waals surface area contributed by atoms with E-state index < -0.39 is 10.1 Å². The van der Waals surface area contributed by atoms with E-state index in [1.54, 1.807) is 11.8 Å². The molecule has 0 unspecified atom stereocenters. The first-order chi connectivity index (χ1) is 11.9. The van der Waals surface area contributed by atoms with Crippen LogP contribution in [0.3, 0.4) is 0 Å². The van der Waals surface area contributed by atoms with E-state index in [1.165, 1.54) is 20.9 Å². The van der Waals surface area contributed by atoms with Crippen molar-refractivity contribution >= 4 is 33.5 Å². The molecule has 1 aliphatic carbocycles. The number of halogens is 1. The third-order valence-corrected chi connectivity index (χ3v) is 7.19. The molecule has 1 spiro atoms. The Kier molecular flexibility index (Phi) is 4.39. The maximum atomic E-state index is 11.5. The van der Waals surface area contributed by atoms with Gasteiger partial charge in [-0.3, -0.25) is 4.18 Å². The van der Waals surface area contributed by atoms with E-state index in [0.29, 0.717) is 0 Å². The van der Waals surface area contributed by atoms with Crippen molar-refractivity contribution < 1.29 is 12.6 Å². The Morgan fingerprint density at radius 3 is 2.48 bits per heavy atom. The Labute approximate surface area is 157 Å². The van der Waals surface area contributed by atoms with Gasteiger partial charge in [-0.05, 0) is 61.1 Å². The van der Waals surface area contributed by atoms with Gasteiger partial charge in [0.2, 0.25) is 0 Å². The third kappa shape index (κ3) is 3.23. The molecule has 0 atom stereocenters. The lowest BCUT2D eigenvalue weighted by molar-refractivity contribution is 0.134. The molecule has 0 aromatic heterocycles. The first-order valence-electron chi connectivity index (χ1n) is 8.33. The zero-order valence-corrected chi connectivity index (χ0v) is 16.3. The molecular weight excluding hydrogens is 376 g/mol. The molecule has 0 amide bonds. The molecular formula is C19H19ClO3S2. The lowest BCUT2D eigenvalue weighted by Gasteiger charge is -2.45. The van der Waals surface area contributed by atoms with E-state index in [9.17, 15) is 8.42 Å². The molecule has 4 rings (SSSR count). The minimum atomic E-state index is -3.42. The highest BCUT2D eigenvalue weighted by Gasteiger charge is 2.44. The van der Waals surface area contributed by atoms with E-state index in [4.69, 9.17) is 15.8 Å². The second kappa shape index (κ2) is 6.31. The topological polar surface area (TPSA) is 43.4 Å². The molecule has 25 heavy (non-hydrogen) atoms. The fourth-order valence-electron chi connectivity index (χ4n) is 4.15. The van der Waals surface area contributed by atoms with Crippen molar-refractivity contribution in [1.82, 2.24) is 0 Å². The van der Waals surface area contributed by atoms with Crippen LogP contribution in [0.15, 0.2) is 52.3 Å². The molecule has 1 aliphatic heterocycles. The monoisotopic (exact) mass is 394 g/mol. The summed E-state index contributed by atoms with van der Waals surface area (Å²) < 4.78 is 28.2. The maximum Gasteiger partial charge on any atom is 0.264 e. The zero-order valence-electron chi connectivity index (χ0n) is 13.9.